The number of methoxy groups -OCH3 is 1. The first-order valence-corrected chi connectivity index (χ1v) is 6.92. The van der Waals surface area contributed by atoms with Gasteiger partial charge in [0.15, 0.2) is 0 Å². The van der Waals surface area contributed by atoms with Gasteiger partial charge in [0.1, 0.15) is 11.5 Å². The van der Waals surface area contributed by atoms with E-state index in [0.29, 0.717) is 18.5 Å². The fourth-order valence-corrected chi connectivity index (χ4v) is 2.36. The molecule has 2 rings (SSSR count). The normalized spacial score (nSPS) is 19.8. The standard InChI is InChI=1S/C15H23NO3/c1-3-8-19-13-5-4-12(15(17)9-13)10-16-7-6-14(11-16)18-2/h4-5,9,14,17H,3,6-8,10-11H2,1-2H3. The molecule has 1 heterocycles. The van der Waals surface area contributed by atoms with Crippen LogP contribution in [-0.2, 0) is 11.3 Å². The highest BCUT2D eigenvalue weighted by Crippen LogP contribution is 2.26. The SMILES string of the molecule is CCCOc1ccc(CN2CCC(OC)C2)c(O)c1. The molecule has 1 unspecified atom stereocenters. The predicted molar refractivity (Wildman–Crippen MR) is 74.6 cm³/mol. The number of aromatic hydroxyl groups is 1. The first-order chi connectivity index (χ1) is 9.22. The monoisotopic (exact) mass is 265 g/mol. The number of benzene rings is 1. The van der Waals surface area contributed by atoms with Gasteiger partial charge in [-0.1, -0.05) is 13.0 Å². The number of nitrogens with zero attached hydrogens (tertiary/aromatic N) is 1. The van der Waals surface area contributed by atoms with Gasteiger partial charge in [0.2, 0.25) is 0 Å². The molecule has 0 saturated carbocycles. The number of phenols is 1. The highest BCUT2D eigenvalue weighted by Gasteiger charge is 2.22. The Labute approximate surface area is 114 Å². The number of phenolic OH excluding ortho intramolecular Hbond substituents is 1. The lowest BCUT2D eigenvalue weighted by Gasteiger charge is -2.17. The van der Waals surface area contributed by atoms with Crippen molar-refractivity contribution < 1.29 is 14.6 Å². The summed E-state index contributed by atoms with van der Waals surface area (Å²) in [4.78, 5) is 2.30. The zero-order chi connectivity index (χ0) is 13.7. The fourth-order valence-electron chi connectivity index (χ4n) is 2.36. The molecule has 1 aliphatic heterocycles. The van der Waals surface area contributed by atoms with Crippen LogP contribution in [0.1, 0.15) is 25.3 Å². The number of hydrogen-bond donors (Lipinski definition) is 1. The van der Waals surface area contributed by atoms with Crippen molar-refractivity contribution >= 4 is 0 Å². The molecule has 1 aliphatic rings. The minimum atomic E-state index is 0.314. The first kappa shape index (κ1) is 14.2. The van der Waals surface area contributed by atoms with Crippen LogP contribution in [0, 0.1) is 0 Å². The van der Waals surface area contributed by atoms with Crippen LogP contribution in [0.2, 0.25) is 0 Å². The van der Waals surface area contributed by atoms with Crippen LogP contribution in [0.3, 0.4) is 0 Å². The van der Waals surface area contributed by atoms with Crippen molar-refractivity contribution in [2.45, 2.75) is 32.4 Å². The third-order valence-corrected chi connectivity index (χ3v) is 3.49. The zero-order valence-electron chi connectivity index (χ0n) is 11.8. The van der Waals surface area contributed by atoms with E-state index in [0.717, 1.165) is 43.8 Å². The van der Waals surface area contributed by atoms with Crippen molar-refractivity contribution in [2.75, 3.05) is 26.8 Å². The second-order valence-corrected chi connectivity index (χ2v) is 5.02. The summed E-state index contributed by atoms with van der Waals surface area (Å²) in [6.07, 6.45) is 2.36. The molecule has 0 aromatic heterocycles. The molecular weight excluding hydrogens is 242 g/mol. The molecule has 0 spiro atoms. The molecule has 0 bridgehead atoms. The molecule has 1 N–H and O–H groups in total. The maximum atomic E-state index is 10.0. The summed E-state index contributed by atoms with van der Waals surface area (Å²) in [5.74, 6) is 1.05. The lowest BCUT2D eigenvalue weighted by atomic mass is 10.2. The van der Waals surface area contributed by atoms with Gasteiger partial charge in [0, 0.05) is 38.4 Å². The largest absolute Gasteiger partial charge is 0.507 e. The van der Waals surface area contributed by atoms with Crippen LogP contribution in [0.25, 0.3) is 0 Å². The Morgan fingerprint density at radius 1 is 1.42 bits per heavy atom. The topological polar surface area (TPSA) is 41.9 Å². The molecule has 1 fully saturated rings. The Morgan fingerprint density at radius 2 is 2.26 bits per heavy atom. The third kappa shape index (κ3) is 3.85. The summed E-state index contributed by atoms with van der Waals surface area (Å²) < 4.78 is 10.9. The van der Waals surface area contributed by atoms with E-state index in [4.69, 9.17) is 9.47 Å². The molecule has 4 heteroatoms. The molecular formula is C15H23NO3. The summed E-state index contributed by atoms with van der Waals surface area (Å²) in [5.41, 5.74) is 0.945. The molecule has 1 saturated heterocycles. The lowest BCUT2D eigenvalue weighted by molar-refractivity contribution is 0.107. The maximum Gasteiger partial charge on any atom is 0.123 e. The number of hydrogen-bond acceptors (Lipinski definition) is 4. The molecule has 4 nitrogen and oxygen atoms in total. The summed E-state index contributed by atoms with van der Waals surface area (Å²) >= 11 is 0. The summed E-state index contributed by atoms with van der Waals surface area (Å²) in [6.45, 7) is 5.46. The second kappa shape index (κ2) is 6.78. The van der Waals surface area contributed by atoms with Gasteiger partial charge < -0.3 is 14.6 Å². The minimum Gasteiger partial charge on any atom is -0.507 e. The van der Waals surface area contributed by atoms with E-state index in [1.807, 2.05) is 12.1 Å². The van der Waals surface area contributed by atoms with E-state index in [1.165, 1.54) is 0 Å². The Kier molecular flexibility index (Phi) is 5.05. The van der Waals surface area contributed by atoms with Gasteiger partial charge in [-0.25, -0.2) is 0 Å². The van der Waals surface area contributed by atoms with Gasteiger partial charge >= 0.3 is 0 Å². The van der Waals surface area contributed by atoms with Crippen molar-refractivity contribution in [1.29, 1.82) is 0 Å². The van der Waals surface area contributed by atoms with Crippen molar-refractivity contribution in [2.24, 2.45) is 0 Å². The summed E-state index contributed by atoms with van der Waals surface area (Å²) in [7, 11) is 1.76. The minimum absolute atomic E-state index is 0.314. The molecule has 1 aromatic carbocycles. The van der Waals surface area contributed by atoms with Crippen LogP contribution < -0.4 is 4.74 Å². The number of ether oxygens (including phenoxy) is 2. The van der Waals surface area contributed by atoms with E-state index in [-0.39, 0.29) is 0 Å². The molecule has 19 heavy (non-hydrogen) atoms. The second-order valence-electron chi connectivity index (χ2n) is 5.02. The molecule has 1 atom stereocenters. The maximum absolute atomic E-state index is 10.0. The van der Waals surface area contributed by atoms with Crippen LogP contribution in [-0.4, -0.2) is 42.9 Å². The van der Waals surface area contributed by atoms with Gasteiger partial charge in [0.05, 0.1) is 12.7 Å². The number of likely N-dealkylation sites (tertiary alicyclic amines) is 1. The van der Waals surface area contributed by atoms with E-state index in [9.17, 15) is 5.11 Å². The average molecular weight is 265 g/mol. The number of rotatable bonds is 6. The van der Waals surface area contributed by atoms with Gasteiger partial charge in [-0.05, 0) is 18.9 Å². The van der Waals surface area contributed by atoms with Gasteiger partial charge in [0.25, 0.3) is 0 Å². The van der Waals surface area contributed by atoms with Crippen LogP contribution in [0.5, 0.6) is 11.5 Å². The summed E-state index contributed by atoms with van der Waals surface area (Å²) in [5, 5.41) is 10.0. The van der Waals surface area contributed by atoms with Crippen molar-refractivity contribution in [3.05, 3.63) is 23.8 Å². The molecule has 0 radical (unpaired) electrons. The third-order valence-electron chi connectivity index (χ3n) is 3.49. The Bertz CT molecular complexity index is 408. The average Bonchev–Trinajstić information content (AvgIpc) is 2.87. The highest BCUT2D eigenvalue weighted by atomic mass is 16.5. The van der Waals surface area contributed by atoms with E-state index < -0.39 is 0 Å². The Hall–Kier alpha value is -1.26. The molecule has 0 aliphatic carbocycles. The molecule has 1 aromatic rings. The van der Waals surface area contributed by atoms with Crippen LogP contribution in [0.4, 0.5) is 0 Å². The van der Waals surface area contributed by atoms with Crippen LogP contribution in [0.15, 0.2) is 18.2 Å². The Balaban J connectivity index is 1.93. The summed E-state index contributed by atoms with van der Waals surface area (Å²) in [6, 6.07) is 5.57. The first-order valence-electron chi connectivity index (χ1n) is 6.92. The zero-order valence-corrected chi connectivity index (χ0v) is 11.8. The van der Waals surface area contributed by atoms with E-state index in [2.05, 4.69) is 11.8 Å². The van der Waals surface area contributed by atoms with Gasteiger partial charge in [-0.2, -0.15) is 0 Å². The van der Waals surface area contributed by atoms with Crippen molar-refractivity contribution in [1.82, 2.24) is 4.90 Å². The smallest absolute Gasteiger partial charge is 0.123 e. The highest BCUT2D eigenvalue weighted by molar-refractivity contribution is 5.39. The fraction of sp³-hybridized carbons (Fsp3) is 0.600. The van der Waals surface area contributed by atoms with Crippen molar-refractivity contribution in [3.63, 3.8) is 0 Å². The molecule has 106 valence electrons. The van der Waals surface area contributed by atoms with E-state index >= 15 is 0 Å². The quantitative estimate of drug-likeness (QED) is 0.857. The Morgan fingerprint density at radius 3 is 2.89 bits per heavy atom. The van der Waals surface area contributed by atoms with Crippen LogP contribution >= 0.6 is 0 Å². The van der Waals surface area contributed by atoms with Crippen molar-refractivity contribution in [3.8, 4) is 11.5 Å². The lowest BCUT2D eigenvalue weighted by Crippen LogP contribution is -2.22. The molecule has 0 amide bonds. The van der Waals surface area contributed by atoms with E-state index in [1.54, 1.807) is 13.2 Å². The predicted octanol–water partition coefficient (Wildman–Crippen LogP) is 2.40. The van der Waals surface area contributed by atoms with Gasteiger partial charge in [-0.3, -0.25) is 4.90 Å². The van der Waals surface area contributed by atoms with Gasteiger partial charge in [-0.15, -0.1) is 0 Å².